The third kappa shape index (κ3) is 4.56. The van der Waals surface area contributed by atoms with Crippen LogP contribution in [0.2, 0.25) is 0 Å². The first-order valence-corrected chi connectivity index (χ1v) is 8.31. The number of anilines is 1. The van der Waals surface area contributed by atoms with Gasteiger partial charge in [0.1, 0.15) is 23.2 Å². The van der Waals surface area contributed by atoms with Crippen molar-refractivity contribution in [2.24, 2.45) is 17.7 Å². The van der Waals surface area contributed by atoms with Crippen molar-refractivity contribution in [3.63, 3.8) is 0 Å². The van der Waals surface area contributed by atoms with Crippen molar-refractivity contribution in [2.75, 3.05) is 26.0 Å². The normalized spacial score (nSPS) is 20.4. The number of nitrogens with one attached hydrogen (secondary N) is 1. The number of nitrogens with two attached hydrogens (primary N) is 1. The Hall–Kier alpha value is -2.95. The molecule has 1 fully saturated rings. The van der Waals surface area contributed by atoms with Crippen LogP contribution in [-0.2, 0) is 9.59 Å². The summed E-state index contributed by atoms with van der Waals surface area (Å²) in [6.07, 6.45) is -3.98. The molecule has 1 aromatic rings. The van der Waals surface area contributed by atoms with Gasteiger partial charge in [-0.15, -0.1) is 0 Å². The van der Waals surface area contributed by atoms with Crippen LogP contribution in [0.1, 0.15) is 1.43 Å². The molecule has 0 spiro atoms. The summed E-state index contributed by atoms with van der Waals surface area (Å²) in [5.74, 6) is -1.25. The van der Waals surface area contributed by atoms with Gasteiger partial charge in [0.15, 0.2) is 0 Å². The number of hydrazine groups is 1. The number of carbonyl (C=O) groups is 2. The van der Waals surface area contributed by atoms with Crippen molar-refractivity contribution in [3.05, 3.63) is 53.8 Å². The highest BCUT2D eigenvalue weighted by molar-refractivity contribution is 6.08. The molecule has 2 atom stereocenters. The molecule has 0 bridgehead atoms. The largest absolute Gasteiger partial charge is 0.432 e. The SMILES string of the molecule is C=C/C(=C(\N(C)N)C(F)(F)F)[C@H]1CN(C)C(=O)[C@@H]1C(=O)Nc1ccc(F)cc1F.[HH]. The summed E-state index contributed by atoms with van der Waals surface area (Å²) in [4.78, 5) is 26.2. The Morgan fingerprint density at radius 1 is 1.41 bits per heavy atom. The molecule has 29 heavy (non-hydrogen) atoms. The first-order valence-electron chi connectivity index (χ1n) is 8.31. The van der Waals surface area contributed by atoms with Crippen LogP contribution in [-0.4, -0.2) is 48.5 Å². The van der Waals surface area contributed by atoms with E-state index >= 15 is 0 Å². The predicted molar refractivity (Wildman–Crippen MR) is 96.9 cm³/mol. The standard InChI is InChI=1S/C18H19F5N4O2.H2/c1-4-10(15(27(3)24)18(21,22)23)11-8-26(2)17(29)14(11)16(28)25-13-6-5-9(19)7-12(13)20;/h4-7,11,14H,1,8,24H2,2-3H3,(H,25,28);1H/b15-10+;/t11-,14+;/m1./s1. The fraction of sp³-hybridized carbons (Fsp3) is 0.333. The summed E-state index contributed by atoms with van der Waals surface area (Å²) < 4.78 is 67.4. The molecular formula is C18H21F5N4O2. The molecule has 0 radical (unpaired) electrons. The van der Waals surface area contributed by atoms with Crippen LogP contribution in [0.4, 0.5) is 27.6 Å². The lowest BCUT2D eigenvalue weighted by Crippen LogP contribution is -2.38. The molecule has 3 N–H and O–H groups in total. The van der Waals surface area contributed by atoms with E-state index < -0.39 is 58.4 Å². The lowest BCUT2D eigenvalue weighted by molar-refractivity contribution is -0.135. The number of likely N-dealkylation sites (tertiary alicyclic amines) is 1. The predicted octanol–water partition coefficient (Wildman–Crippen LogP) is 2.66. The van der Waals surface area contributed by atoms with Gasteiger partial charge in [0, 0.05) is 34.1 Å². The summed E-state index contributed by atoms with van der Waals surface area (Å²) >= 11 is 0. The van der Waals surface area contributed by atoms with Crippen LogP contribution in [0, 0.1) is 23.5 Å². The van der Waals surface area contributed by atoms with Crippen molar-refractivity contribution < 1.29 is 33.0 Å². The Balaban J connectivity index is 0.00000450. The molecule has 1 aliphatic rings. The van der Waals surface area contributed by atoms with Crippen molar-refractivity contribution in [1.29, 1.82) is 0 Å². The number of hydrogen-bond donors (Lipinski definition) is 2. The summed E-state index contributed by atoms with van der Waals surface area (Å²) in [5.41, 5.74) is -2.11. The highest BCUT2D eigenvalue weighted by Crippen LogP contribution is 2.38. The molecule has 1 aromatic carbocycles. The zero-order valence-electron chi connectivity index (χ0n) is 15.6. The number of benzene rings is 1. The molecule has 11 heteroatoms. The van der Waals surface area contributed by atoms with Crippen LogP contribution in [0.5, 0.6) is 0 Å². The maximum Gasteiger partial charge on any atom is 0.432 e. The second-order valence-corrected chi connectivity index (χ2v) is 6.53. The van der Waals surface area contributed by atoms with E-state index in [1.165, 1.54) is 7.05 Å². The highest BCUT2D eigenvalue weighted by Gasteiger charge is 2.48. The van der Waals surface area contributed by atoms with Gasteiger partial charge in [0.05, 0.1) is 5.69 Å². The van der Waals surface area contributed by atoms with E-state index in [1.54, 1.807) is 0 Å². The Labute approximate surface area is 164 Å². The molecule has 1 heterocycles. The number of amides is 2. The first-order chi connectivity index (χ1) is 13.4. The van der Waals surface area contributed by atoms with Gasteiger partial charge in [-0.25, -0.2) is 14.6 Å². The molecule has 0 saturated carbocycles. The number of allylic oxidation sites excluding steroid dienone is 2. The fourth-order valence-electron chi connectivity index (χ4n) is 3.26. The van der Waals surface area contributed by atoms with Crippen LogP contribution >= 0.6 is 0 Å². The van der Waals surface area contributed by atoms with Crippen LogP contribution in [0.25, 0.3) is 0 Å². The lowest BCUT2D eigenvalue weighted by atomic mass is 9.86. The maximum absolute atomic E-state index is 13.8. The first kappa shape index (κ1) is 22.3. The number of hydrogen-bond acceptors (Lipinski definition) is 4. The summed E-state index contributed by atoms with van der Waals surface area (Å²) in [7, 11) is 2.29. The van der Waals surface area contributed by atoms with E-state index in [9.17, 15) is 31.5 Å². The molecule has 1 saturated heterocycles. The smallest absolute Gasteiger partial charge is 0.344 e. The van der Waals surface area contributed by atoms with Crippen molar-refractivity contribution in [1.82, 2.24) is 9.91 Å². The van der Waals surface area contributed by atoms with E-state index in [-0.39, 0.29) is 7.97 Å². The minimum absolute atomic E-state index is 0. The highest BCUT2D eigenvalue weighted by atomic mass is 19.4. The second kappa shape index (κ2) is 8.19. The van der Waals surface area contributed by atoms with E-state index in [4.69, 9.17) is 5.84 Å². The molecular weight excluding hydrogens is 399 g/mol. The third-order valence-electron chi connectivity index (χ3n) is 4.50. The van der Waals surface area contributed by atoms with Gasteiger partial charge in [-0.3, -0.25) is 9.59 Å². The molecule has 0 unspecified atom stereocenters. The van der Waals surface area contributed by atoms with Crippen LogP contribution in [0.15, 0.2) is 42.1 Å². The van der Waals surface area contributed by atoms with Gasteiger partial charge < -0.3 is 15.2 Å². The van der Waals surface area contributed by atoms with Crippen LogP contribution in [0.3, 0.4) is 0 Å². The Kier molecular flexibility index (Phi) is 6.31. The summed E-state index contributed by atoms with van der Waals surface area (Å²) in [6, 6.07) is 2.36. The number of nitrogens with zero attached hydrogens (tertiary/aromatic N) is 2. The summed E-state index contributed by atoms with van der Waals surface area (Å²) in [5, 5.41) is 2.48. The van der Waals surface area contributed by atoms with Gasteiger partial charge in [-0.05, 0) is 17.7 Å². The van der Waals surface area contributed by atoms with Crippen molar-refractivity contribution in [2.45, 2.75) is 6.18 Å². The average Bonchev–Trinajstić information content (AvgIpc) is 2.88. The second-order valence-electron chi connectivity index (χ2n) is 6.53. The monoisotopic (exact) mass is 420 g/mol. The maximum atomic E-state index is 13.8. The topological polar surface area (TPSA) is 78.7 Å². The van der Waals surface area contributed by atoms with E-state index in [1.807, 2.05) is 0 Å². The Morgan fingerprint density at radius 3 is 2.52 bits per heavy atom. The molecule has 2 rings (SSSR count). The third-order valence-corrected chi connectivity index (χ3v) is 4.50. The molecule has 2 amide bonds. The quantitative estimate of drug-likeness (QED) is 0.252. The molecule has 0 aromatic heterocycles. The van der Waals surface area contributed by atoms with E-state index in [0.717, 1.165) is 30.2 Å². The van der Waals surface area contributed by atoms with E-state index in [0.29, 0.717) is 11.1 Å². The van der Waals surface area contributed by atoms with Crippen molar-refractivity contribution >= 4 is 17.5 Å². The van der Waals surface area contributed by atoms with Crippen LogP contribution < -0.4 is 11.2 Å². The fourth-order valence-corrected chi connectivity index (χ4v) is 3.26. The molecule has 160 valence electrons. The number of carbonyl (C=O) groups excluding carboxylic acids is 2. The summed E-state index contributed by atoms with van der Waals surface area (Å²) in [6.45, 7) is 3.16. The number of halogens is 5. The number of rotatable bonds is 5. The Morgan fingerprint density at radius 2 is 2.03 bits per heavy atom. The zero-order valence-corrected chi connectivity index (χ0v) is 15.6. The van der Waals surface area contributed by atoms with Gasteiger partial charge in [-0.2, -0.15) is 13.2 Å². The molecule has 0 aliphatic carbocycles. The average molecular weight is 420 g/mol. The minimum Gasteiger partial charge on any atom is -0.344 e. The van der Waals surface area contributed by atoms with Gasteiger partial charge in [0.2, 0.25) is 11.8 Å². The van der Waals surface area contributed by atoms with Gasteiger partial charge in [-0.1, -0.05) is 12.7 Å². The lowest BCUT2D eigenvalue weighted by Gasteiger charge is -2.26. The van der Waals surface area contributed by atoms with Crippen molar-refractivity contribution in [3.8, 4) is 0 Å². The zero-order chi connectivity index (χ0) is 22.1. The van der Waals surface area contributed by atoms with E-state index in [2.05, 4.69) is 11.9 Å². The molecule has 1 aliphatic heterocycles. The number of alkyl halides is 3. The minimum atomic E-state index is -4.87. The molecule has 6 nitrogen and oxygen atoms in total. The Bertz CT molecular complexity index is 873. The van der Waals surface area contributed by atoms with Gasteiger partial charge in [0.25, 0.3) is 0 Å². The van der Waals surface area contributed by atoms with Gasteiger partial charge >= 0.3 is 6.18 Å².